The van der Waals surface area contributed by atoms with E-state index in [9.17, 15) is 9.59 Å². The van der Waals surface area contributed by atoms with Gasteiger partial charge in [0.25, 0.3) is 0 Å². The summed E-state index contributed by atoms with van der Waals surface area (Å²) in [6.45, 7) is 5.40. The lowest BCUT2D eigenvalue weighted by molar-refractivity contribution is -0.136. The van der Waals surface area contributed by atoms with Gasteiger partial charge >= 0.3 is 5.97 Å². The predicted octanol–water partition coefficient (Wildman–Crippen LogP) is 1.36. The van der Waals surface area contributed by atoms with E-state index in [0.29, 0.717) is 11.3 Å². The Kier molecular flexibility index (Phi) is 3.39. The number of ether oxygens (including phenoxy) is 1. The van der Waals surface area contributed by atoms with Crippen molar-refractivity contribution in [2.24, 2.45) is 16.8 Å². The first-order valence-electron chi connectivity index (χ1n) is 4.82. The average molecular weight is 209 g/mol. The Morgan fingerprint density at radius 2 is 2.07 bits per heavy atom. The Bertz CT molecular complexity index is 355. The molecule has 1 rings (SSSR count). The maximum atomic E-state index is 11.5. The highest BCUT2D eigenvalue weighted by Crippen LogP contribution is 2.29. The second-order valence-corrected chi connectivity index (χ2v) is 3.69. The number of hydrogen-bond acceptors (Lipinski definition) is 4. The van der Waals surface area contributed by atoms with E-state index in [4.69, 9.17) is 0 Å². The third-order valence-electron chi connectivity index (χ3n) is 2.76. The predicted molar refractivity (Wildman–Crippen MR) is 56.5 cm³/mol. The van der Waals surface area contributed by atoms with Crippen LogP contribution in [0.1, 0.15) is 20.8 Å². The topological polar surface area (TPSA) is 55.7 Å². The van der Waals surface area contributed by atoms with E-state index in [-0.39, 0.29) is 11.8 Å². The molecule has 4 nitrogen and oxygen atoms in total. The first kappa shape index (κ1) is 11.6. The summed E-state index contributed by atoms with van der Waals surface area (Å²) >= 11 is 0. The molecular weight excluding hydrogens is 194 g/mol. The van der Waals surface area contributed by atoms with Gasteiger partial charge in [0, 0.05) is 17.3 Å². The molecule has 1 aliphatic heterocycles. The molecule has 0 aromatic rings. The zero-order chi connectivity index (χ0) is 11.6. The van der Waals surface area contributed by atoms with E-state index < -0.39 is 5.97 Å². The molecule has 1 aliphatic rings. The van der Waals surface area contributed by atoms with Gasteiger partial charge in [-0.1, -0.05) is 6.92 Å². The van der Waals surface area contributed by atoms with Gasteiger partial charge in [0.1, 0.15) is 6.29 Å². The fraction of sp³-hybridized carbons (Fsp3) is 0.545. The second-order valence-electron chi connectivity index (χ2n) is 3.69. The van der Waals surface area contributed by atoms with E-state index in [2.05, 4.69) is 9.73 Å². The molecule has 0 aromatic carbocycles. The molecule has 4 heteroatoms. The number of nitrogens with zero attached hydrogens (tertiary/aromatic N) is 1. The van der Waals surface area contributed by atoms with Crippen LogP contribution < -0.4 is 0 Å². The molecule has 0 amide bonds. The first-order chi connectivity index (χ1) is 7.02. The zero-order valence-electron chi connectivity index (χ0n) is 9.40. The molecule has 0 saturated heterocycles. The van der Waals surface area contributed by atoms with Crippen LogP contribution in [0.15, 0.2) is 16.3 Å². The van der Waals surface area contributed by atoms with Crippen molar-refractivity contribution in [2.45, 2.75) is 20.8 Å². The lowest BCUT2D eigenvalue weighted by atomic mass is 9.82. The zero-order valence-corrected chi connectivity index (χ0v) is 9.40. The highest BCUT2D eigenvalue weighted by Gasteiger charge is 2.32. The molecule has 15 heavy (non-hydrogen) atoms. The fourth-order valence-corrected chi connectivity index (χ4v) is 1.93. The second kappa shape index (κ2) is 4.38. The van der Waals surface area contributed by atoms with Gasteiger partial charge in [0.2, 0.25) is 0 Å². The Hall–Kier alpha value is -1.45. The quantitative estimate of drug-likeness (QED) is 0.509. The molecule has 0 aliphatic carbocycles. The third kappa shape index (κ3) is 1.98. The molecule has 2 atom stereocenters. The number of allylic oxidation sites excluding steroid dienone is 1. The van der Waals surface area contributed by atoms with Gasteiger partial charge in [0.15, 0.2) is 0 Å². The minimum Gasteiger partial charge on any atom is -0.466 e. The number of aldehydes is 1. The lowest BCUT2D eigenvalue weighted by Gasteiger charge is -2.25. The number of rotatable bonds is 2. The van der Waals surface area contributed by atoms with Crippen molar-refractivity contribution in [1.29, 1.82) is 0 Å². The van der Waals surface area contributed by atoms with Crippen LogP contribution in [0, 0.1) is 11.8 Å². The number of carbonyl (C=O) groups is 2. The standard InChI is InChI=1S/C11H15NO3/c1-6-9(5-13)7(2)12-8(3)10(6)11(14)15-4/h5-6,9H,1-4H3. The number of aliphatic imine (C=N–C) groups is 1. The summed E-state index contributed by atoms with van der Waals surface area (Å²) in [5.41, 5.74) is 1.90. The van der Waals surface area contributed by atoms with Crippen LogP contribution in [0.5, 0.6) is 0 Å². The Labute approximate surface area is 89.0 Å². The monoisotopic (exact) mass is 209 g/mol. The fourth-order valence-electron chi connectivity index (χ4n) is 1.93. The van der Waals surface area contributed by atoms with Gasteiger partial charge in [-0.25, -0.2) is 4.79 Å². The SMILES string of the molecule is COC(=O)C1=C(C)N=C(C)C(C=O)C1C. The van der Waals surface area contributed by atoms with E-state index in [1.807, 2.05) is 6.92 Å². The smallest absolute Gasteiger partial charge is 0.335 e. The summed E-state index contributed by atoms with van der Waals surface area (Å²) in [5, 5.41) is 0. The van der Waals surface area contributed by atoms with E-state index >= 15 is 0 Å². The summed E-state index contributed by atoms with van der Waals surface area (Å²) in [7, 11) is 1.33. The summed E-state index contributed by atoms with van der Waals surface area (Å²) in [5.74, 6) is -0.877. The molecular formula is C11H15NO3. The van der Waals surface area contributed by atoms with Crippen molar-refractivity contribution in [2.75, 3.05) is 7.11 Å². The van der Waals surface area contributed by atoms with Crippen LogP contribution in [0.4, 0.5) is 0 Å². The van der Waals surface area contributed by atoms with E-state index in [1.54, 1.807) is 13.8 Å². The maximum absolute atomic E-state index is 11.5. The molecule has 0 N–H and O–H groups in total. The highest BCUT2D eigenvalue weighted by molar-refractivity contribution is 6.01. The van der Waals surface area contributed by atoms with Crippen LogP contribution in [0.2, 0.25) is 0 Å². The normalized spacial score (nSPS) is 26.0. The largest absolute Gasteiger partial charge is 0.466 e. The number of carbonyl (C=O) groups excluding carboxylic acids is 2. The summed E-state index contributed by atoms with van der Waals surface area (Å²) < 4.78 is 4.68. The van der Waals surface area contributed by atoms with Gasteiger partial charge < -0.3 is 9.53 Å². The maximum Gasteiger partial charge on any atom is 0.335 e. The van der Waals surface area contributed by atoms with Crippen molar-refractivity contribution in [1.82, 2.24) is 0 Å². The van der Waals surface area contributed by atoms with Crippen LogP contribution in [0.3, 0.4) is 0 Å². The minimum atomic E-state index is -0.400. The summed E-state index contributed by atoms with van der Waals surface area (Å²) in [4.78, 5) is 26.6. The van der Waals surface area contributed by atoms with Crippen molar-refractivity contribution >= 4 is 18.0 Å². The number of esters is 1. The molecule has 0 aromatic heterocycles. The Balaban J connectivity index is 3.18. The van der Waals surface area contributed by atoms with Crippen LogP contribution in [-0.2, 0) is 14.3 Å². The highest BCUT2D eigenvalue weighted by atomic mass is 16.5. The first-order valence-corrected chi connectivity index (χ1v) is 4.82. The van der Waals surface area contributed by atoms with E-state index in [0.717, 1.165) is 12.0 Å². The Morgan fingerprint density at radius 3 is 2.53 bits per heavy atom. The molecule has 0 radical (unpaired) electrons. The van der Waals surface area contributed by atoms with Gasteiger partial charge in [-0.3, -0.25) is 4.99 Å². The molecule has 0 saturated carbocycles. The molecule has 1 heterocycles. The van der Waals surface area contributed by atoms with E-state index in [1.165, 1.54) is 7.11 Å². The van der Waals surface area contributed by atoms with Crippen LogP contribution in [-0.4, -0.2) is 25.1 Å². The molecule has 0 spiro atoms. The number of methoxy groups -OCH3 is 1. The van der Waals surface area contributed by atoms with Gasteiger partial charge in [-0.05, 0) is 13.8 Å². The van der Waals surface area contributed by atoms with Crippen molar-refractivity contribution in [3.8, 4) is 0 Å². The lowest BCUT2D eigenvalue weighted by Crippen LogP contribution is -2.30. The third-order valence-corrected chi connectivity index (χ3v) is 2.76. The van der Waals surface area contributed by atoms with Crippen LogP contribution in [0.25, 0.3) is 0 Å². The van der Waals surface area contributed by atoms with Crippen molar-refractivity contribution < 1.29 is 14.3 Å². The van der Waals surface area contributed by atoms with Gasteiger partial charge in [-0.2, -0.15) is 0 Å². The summed E-state index contributed by atoms with van der Waals surface area (Å²) in [6.07, 6.45) is 0.832. The summed E-state index contributed by atoms with van der Waals surface area (Å²) in [6, 6.07) is 0. The average Bonchev–Trinajstić information content (AvgIpc) is 2.17. The van der Waals surface area contributed by atoms with Gasteiger partial charge in [-0.15, -0.1) is 0 Å². The van der Waals surface area contributed by atoms with Gasteiger partial charge in [0.05, 0.1) is 18.6 Å². The minimum absolute atomic E-state index is 0.160. The number of hydrogen-bond donors (Lipinski definition) is 0. The van der Waals surface area contributed by atoms with Crippen molar-refractivity contribution in [3.63, 3.8) is 0 Å². The van der Waals surface area contributed by atoms with Crippen LogP contribution >= 0.6 is 0 Å². The molecule has 2 unspecified atom stereocenters. The Morgan fingerprint density at radius 1 is 1.47 bits per heavy atom. The van der Waals surface area contributed by atoms with Crippen molar-refractivity contribution in [3.05, 3.63) is 11.3 Å². The molecule has 0 fully saturated rings. The molecule has 0 bridgehead atoms. The molecule has 82 valence electrons.